The summed E-state index contributed by atoms with van der Waals surface area (Å²) in [5.41, 5.74) is 2.60. The molecule has 0 saturated carbocycles. The number of fused-ring (bicyclic) bond motifs is 1. The molecule has 2 N–H and O–H groups in total. The molecule has 0 unspecified atom stereocenters. The van der Waals surface area contributed by atoms with Gasteiger partial charge in [-0.3, -0.25) is 0 Å². The number of nitrogen functional groups attached to an aromatic ring is 1. The van der Waals surface area contributed by atoms with E-state index in [0.29, 0.717) is 14.5 Å². The van der Waals surface area contributed by atoms with E-state index in [1.165, 1.54) is 24.3 Å². The van der Waals surface area contributed by atoms with Gasteiger partial charge in [-0.1, -0.05) is 35.0 Å². The number of benzene rings is 2. The third-order valence-corrected chi connectivity index (χ3v) is 6.14. The zero-order valence-corrected chi connectivity index (χ0v) is 20.1. The van der Waals surface area contributed by atoms with Crippen LogP contribution in [0, 0.1) is 0 Å². The summed E-state index contributed by atoms with van der Waals surface area (Å²) in [6, 6.07) is 7.34. The third-order valence-electron chi connectivity index (χ3n) is 4.59. The number of hydrogen-bond donors (Lipinski definition) is 1. The van der Waals surface area contributed by atoms with Gasteiger partial charge >= 0.3 is 18.7 Å². The Morgan fingerprint density at radius 2 is 1.39 bits per heavy atom. The van der Waals surface area contributed by atoms with Gasteiger partial charge in [0, 0.05) is 9.79 Å². The molecule has 0 aliphatic rings. The second-order valence-electron chi connectivity index (χ2n) is 7.24. The van der Waals surface area contributed by atoms with E-state index < -0.39 is 52.8 Å². The molecule has 0 aliphatic heterocycles. The van der Waals surface area contributed by atoms with Crippen LogP contribution in [0.1, 0.15) is 11.5 Å². The Morgan fingerprint density at radius 1 is 0.816 bits per heavy atom. The summed E-state index contributed by atoms with van der Waals surface area (Å²) in [5.74, 6) is -3.30. The fourth-order valence-corrected chi connectivity index (χ4v) is 4.84. The lowest BCUT2D eigenvalue weighted by Crippen LogP contribution is -2.17. The monoisotopic (exact) mass is 607 g/mol. The van der Waals surface area contributed by atoms with Crippen molar-refractivity contribution in [3.8, 4) is 11.4 Å². The van der Waals surface area contributed by atoms with Gasteiger partial charge in [-0.15, -0.1) is 18.3 Å². The summed E-state index contributed by atoms with van der Waals surface area (Å²) in [7, 11) is 0. The standard InChI is InChI=1S/C20H8Cl2F9N5OS/c21-10-5-9(38-8-3-1-7(2-4-8)37-20(29,30)31)6-11(22)13(10)36-15(32)12-14(18(23,24)25)33-17(19(26,27)28)34-16(12)35-36/h1-6H,32H2. The number of aromatic nitrogens is 4. The number of ether oxygens (including phenoxy) is 1. The van der Waals surface area contributed by atoms with Crippen molar-refractivity contribution in [2.75, 3.05) is 5.73 Å². The molecule has 0 bridgehead atoms. The fourth-order valence-electron chi connectivity index (χ4n) is 3.16. The molecule has 0 aliphatic carbocycles. The minimum atomic E-state index is -5.34. The Hall–Kier alpha value is -3.11. The van der Waals surface area contributed by atoms with Gasteiger partial charge in [0.1, 0.15) is 17.3 Å². The van der Waals surface area contributed by atoms with Crippen LogP contribution in [0.2, 0.25) is 10.0 Å². The lowest BCUT2D eigenvalue weighted by molar-refractivity contribution is -0.274. The van der Waals surface area contributed by atoms with Gasteiger partial charge < -0.3 is 10.5 Å². The number of halogens is 11. The van der Waals surface area contributed by atoms with Gasteiger partial charge in [-0.2, -0.15) is 26.3 Å². The fraction of sp³-hybridized carbons (Fsp3) is 0.150. The summed E-state index contributed by atoms with van der Waals surface area (Å²) in [6.45, 7) is 0. The second kappa shape index (κ2) is 9.57. The molecule has 0 radical (unpaired) electrons. The van der Waals surface area contributed by atoms with Crippen molar-refractivity contribution in [2.45, 2.75) is 28.5 Å². The highest BCUT2D eigenvalue weighted by molar-refractivity contribution is 7.99. The van der Waals surface area contributed by atoms with Gasteiger partial charge in [0.15, 0.2) is 11.3 Å². The Morgan fingerprint density at radius 3 is 1.89 bits per heavy atom. The van der Waals surface area contributed by atoms with Crippen molar-refractivity contribution in [3.05, 3.63) is 58.0 Å². The highest BCUT2D eigenvalue weighted by Gasteiger charge is 2.43. The molecule has 2 aromatic carbocycles. The van der Waals surface area contributed by atoms with Crippen LogP contribution < -0.4 is 10.5 Å². The summed E-state index contributed by atoms with van der Waals surface area (Å²) in [4.78, 5) is 6.46. The van der Waals surface area contributed by atoms with Gasteiger partial charge in [0.2, 0.25) is 5.82 Å². The van der Waals surface area contributed by atoms with Crippen LogP contribution in [0.4, 0.5) is 45.3 Å². The van der Waals surface area contributed by atoms with Gasteiger partial charge in [-0.25, -0.2) is 14.6 Å². The maximum absolute atomic E-state index is 13.5. The minimum absolute atomic E-state index is 0.214. The normalized spacial score (nSPS) is 12.8. The molecule has 6 nitrogen and oxygen atoms in total. The Balaban J connectivity index is 1.74. The van der Waals surface area contributed by atoms with Crippen LogP contribution in [0.15, 0.2) is 46.2 Å². The van der Waals surface area contributed by atoms with Crippen LogP contribution in [0.25, 0.3) is 16.7 Å². The average molecular weight is 608 g/mol. The zero-order chi connectivity index (χ0) is 28.2. The van der Waals surface area contributed by atoms with Crippen molar-refractivity contribution >= 4 is 51.8 Å². The average Bonchev–Trinajstić information content (AvgIpc) is 3.08. The van der Waals surface area contributed by atoms with Gasteiger partial charge in [-0.05, 0) is 36.4 Å². The van der Waals surface area contributed by atoms with Crippen molar-refractivity contribution in [3.63, 3.8) is 0 Å². The Labute approximate surface area is 219 Å². The summed E-state index contributed by atoms with van der Waals surface area (Å²) in [6.07, 6.45) is -15.5. The van der Waals surface area contributed by atoms with E-state index in [1.807, 2.05) is 0 Å². The maximum Gasteiger partial charge on any atom is 0.573 e. The maximum atomic E-state index is 13.5. The smallest absolute Gasteiger partial charge is 0.406 e. The Kier molecular flexibility index (Phi) is 7.03. The zero-order valence-electron chi connectivity index (χ0n) is 17.8. The molecule has 0 amide bonds. The predicted molar refractivity (Wildman–Crippen MR) is 118 cm³/mol. The molecular weight excluding hydrogens is 600 g/mol. The highest BCUT2D eigenvalue weighted by atomic mass is 35.5. The molecule has 18 heteroatoms. The van der Waals surface area contributed by atoms with E-state index in [0.717, 1.165) is 23.9 Å². The largest absolute Gasteiger partial charge is 0.573 e. The van der Waals surface area contributed by atoms with E-state index in [4.69, 9.17) is 28.9 Å². The van der Waals surface area contributed by atoms with E-state index in [1.54, 1.807) is 0 Å². The van der Waals surface area contributed by atoms with Crippen LogP contribution in [0.5, 0.6) is 5.75 Å². The molecule has 38 heavy (non-hydrogen) atoms. The van der Waals surface area contributed by atoms with E-state index in [9.17, 15) is 39.5 Å². The molecule has 0 fully saturated rings. The quantitative estimate of drug-likeness (QED) is 0.239. The molecule has 0 saturated heterocycles. The first-order chi connectivity index (χ1) is 17.4. The first-order valence-corrected chi connectivity index (χ1v) is 11.2. The molecule has 4 rings (SSSR count). The molecule has 2 heterocycles. The van der Waals surface area contributed by atoms with Crippen molar-refractivity contribution in [1.29, 1.82) is 0 Å². The second-order valence-corrected chi connectivity index (χ2v) is 9.21. The molecule has 4 aromatic rings. The van der Waals surface area contributed by atoms with Crippen molar-refractivity contribution < 1.29 is 44.3 Å². The topological polar surface area (TPSA) is 78.9 Å². The molecule has 0 spiro atoms. The van der Waals surface area contributed by atoms with Crippen LogP contribution in [-0.2, 0) is 12.4 Å². The van der Waals surface area contributed by atoms with Crippen molar-refractivity contribution in [1.82, 2.24) is 19.7 Å². The van der Waals surface area contributed by atoms with Gasteiger partial charge in [0.25, 0.3) is 0 Å². The number of rotatable bonds is 4. The highest BCUT2D eigenvalue weighted by Crippen LogP contribution is 2.42. The molecular formula is C20H8Cl2F9N5OS. The summed E-state index contributed by atoms with van der Waals surface area (Å²) >= 11 is 13.5. The SMILES string of the molecule is Nc1c2c(C(F)(F)F)nc(C(F)(F)F)nc2nn1-c1c(Cl)cc(Sc2ccc(OC(F)(F)F)cc2)cc1Cl. The summed E-state index contributed by atoms with van der Waals surface area (Å²) < 4.78 is 121. The van der Waals surface area contributed by atoms with Crippen molar-refractivity contribution in [2.24, 2.45) is 0 Å². The molecule has 0 atom stereocenters. The first kappa shape index (κ1) is 27.9. The van der Waals surface area contributed by atoms with Gasteiger partial charge in [0.05, 0.1) is 15.4 Å². The number of alkyl halides is 9. The van der Waals surface area contributed by atoms with E-state index in [-0.39, 0.29) is 15.7 Å². The predicted octanol–water partition coefficient (Wildman–Crippen LogP) is 7.79. The Bertz CT molecular complexity index is 1500. The van der Waals surface area contributed by atoms with E-state index in [2.05, 4.69) is 19.8 Å². The summed E-state index contributed by atoms with van der Waals surface area (Å²) in [5, 5.41) is 2.25. The number of nitrogens with two attached hydrogens (primary N) is 1. The number of anilines is 1. The van der Waals surface area contributed by atoms with Crippen LogP contribution in [-0.4, -0.2) is 26.1 Å². The van der Waals surface area contributed by atoms with Crippen LogP contribution >= 0.6 is 35.0 Å². The van der Waals surface area contributed by atoms with Crippen LogP contribution in [0.3, 0.4) is 0 Å². The molecule has 202 valence electrons. The lowest BCUT2D eigenvalue weighted by Gasteiger charge is -2.12. The third kappa shape index (κ3) is 5.81. The number of hydrogen-bond acceptors (Lipinski definition) is 6. The first-order valence-electron chi connectivity index (χ1n) is 9.68. The molecule has 2 aromatic heterocycles. The number of nitrogens with zero attached hydrogens (tertiary/aromatic N) is 4. The minimum Gasteiger partial charge on any atom is -0.406 e. The van der Waals surface area contributed by atoms with E-state index >= 15 is 0 Å². The lowest BCUT2D eigenvalue weighted by atomic mass is 10.2.